The molecule has 0 atom stereocenters. The number of aromatic nitrogens is 3. The molecule has 0 radical (unpaired) electrons. The lowest BCUT2D eigenvalue weighted by atomic mass is 9.85. The van der Waals surface area contributed by atoms with Gasteiger partial charge in [-0.2, -0.15) is 4.31 Å². The summed E-state index contributed by atoms with van der Waals surface area (Å²) < 4.78 is 27.0. The van der Waals surface area contributed by atoms with E-state index in [0.29, 0.717) is 19.0 Å². The molecule has 1 aliphatic carbocycles. The van der Waals surface area contributed by atoms with E-state index in [0.717, 1.165) is 18.1 Å². The predicted octanol–water partition coefficient (Wildman–Crippen LogP) is 0.618. The first-order valence-electron chi connectivity index (χ1n) is 6.44. The highest BCUT2D eigenvalue weighted by molar-refractivity contribution is 7.89. The van der Waals surface area contributed by atoms with Gasteiger partial charge in [-0.05, 0) is 19.3 Å². The minimum atomic E-state index is -3.05. The van der Waals surface area contributed by atoms with Gasteiger partial charge in [-0.3, -0.25) is 0 Å². The SMILES string of the molecule is Cn1c(CN2CCCS2(=O)=O)nnc1C1CCC1. The monoisotopic (exact) mass is 270 g/mol. The van der Waals surface area contributed by atoms with Crippen LogP contribution in [0.3, 0.4) is 0 Å². The van der Waals surface area contributed by atoms with Gasteiger partial charge in [-0.25, -0.2) is 8.42 Å². The summed E-state index contributed by atoms with van der Waals surface area (Å²) in [6.07, 6.45) is 4.32. The Hall–Kier alpha value is -0.950. The number of rotatable bonds is 3. The summed E-state index contributed by atoms with van der Waals surface area (Å²) in [7, 11) is -1.12. The summed E-state index contributed by atoms with van der Waals surface area (Å²) in [5, 5.41) is 8.37. The van der Waals surface area contributed by atoms with Gasteiger partial charge in [-0.15, -0.1) is 10.2 Å². The van der Waals surface area contributed by atoms with Crippen molar-refractivity contribution in [1.29, 1.82) is 0 Å². The summed E-state index contributed by atoms with van der Waals surface area (Å²) in [6.45, 7) is 0.965. The van der Waals surface area contributed by atoms with E-state index in [2.05, 4.69) is 10.2 Å². The number of hydrogen-bond donors (Lipinski definition) is 0. The molecule has 0 amide bonds. The number of hydrogen-bond acceptors (Lipinski definition) is 4. The van der Waals surface area contributed by atoms with Crippen LogP contribution in [0.4, 0.5) is 0 Å². The third-order valence-corrected chi connectivity index (χ3v) is 5.89. The van der Waals surface area contributed by atoms with Crippen LogP contribution in [0.1, 0.15) is 43.3 Å². The highest BCUT2D eigenvalue weighted by Gasteiger charge is 2.31. The lowest BCUT2D eigenvalue weighted by molar-refractivity contribution is 0.386. The van der Waals surface area contributed by atoms with E-state index in [9.17, 15) is 8.42 Å². The van der Waals surface area contributed by atoms with Crippen LogP contribution in [0, 0.1) is 0 Å². The molecule has 100 valence electrons. The molecular weight excluding hydrogens is 252 g/mol. The number of sulfonamides is 1. The third kappa shape index (κ3) is 1.95. The van der Waals surface area contributed by atoms with Crippen LogP contribution in [-0.2, 0) is 23.6 Å². The molecule has 0 spiro atoms. The summed E-state index contributed by atoms with van der Waals surface area (Å²) >= 11 is 0. The van der Waals surface area contributed by atoms with Crippen LogP contribution in [0.25, 0.3) is 0 Å². The van der Waals surface area contributed by atoms with Gasteiger partial charge in [0.2, 0.25) is 10.0 Å². The normalized spacial score (nSPS) is 24.3. The van der Waals surface area contributed by atoms with E-state index in [-0.39, 0.29) is 5.75 Å². The van der Waals surface area contributed by atoms with Gasteiger partial charge in [0.1, 0.15) is 11.6 Å². The van der Waals surface area contributed by atoms with Crippen molar-refractivity contribution in [1.82, 2.24) is 19.1 Å². The first-order valence-corrected chi connectivity index (χ1v) is 8.05. The van der Waals surface area contributed by atoms with Crippen LogP contribution < -0.4 is 0 Å². The highest BCUT2D eigenvalue weighted by Crippen LogP contribution is 2.35. The molecule has 0 N–H and O–H groups in total. The van der Waals surface area contributed by atoms with Crippen molar-refractivity contribution in [2.24, 2.45) is 7.05 Å². The van der Waals surface area contributed by atoms with E-state index in [1.54, 1.807) is 0 Å². The smallest absolute Gasteiger partial charge is 0.214 e. The Bertz CT molecular complexity index is 547. The average Bonchev–Trinajstić information content (AvgIpc) is 2.74. The van der Waals surface area contributed by atoms with E-state index < -0.39 is 10.0 Å². The molecule has 1 aromatic heterocycles. The fraction of sp³-hybridized carbons (Fsp3) is 0.818. The second kappa shape index (κ2) is 4.31. The van der Waals surface area contributed by atoms with Crippen LogP contribution >= 0.6 is 0 Å². The van der Waals surface area contributed by atoms with Crippen molar-refractivity contribution in [3.8, 4) is 0 Å². The Labute approximate surface area is 107 Å². The first kappa shape index (κ1) is 12.1. The van der Waals surface area contributed by atoms with Crippen molar-refractivity contribution < 1.29 is 8.42 Å². The molecule has 0 bridgehead atoms. The van der Waals surface area contributed by atoms with Gasteiger partial charge in [0.25, 0.3) is 0 Å². The van der Waals surface area contributed by atoms with Crippen LogP contribution in [0.5, 0.6) is 0 Å². The molecule has 18 heavy (non-hydrogen) atoms. The zero-order valence-corrected chi connectivity index (χ0v) is 11.4. The Balaban J connectivity index is 1.79. The molecular formula is C11H18N4O2S. The molecule has 2 fully saturated rings. The molecule has 2 heterocycles. The van der Waals surface area contributed by atoms with Gasteiger partial charge in [0.15, 0.2) is 0 Å². The molecule has 1 saturated heterocycles. The van der Waals surface area contributed by atoms with Gasteiger partial charge in [0.05, 0.1) is 12.3 Å². The predicted molar refractivity (Wildman–Crippen MR) is 66.4 cm³/mol. The third-order valence-electron chi connectivity index (χ3n) is 3.99. The number of nitrogens with zero attached hydrogens (tertiary/aromatic N) is 4. The highest BCUT2D eigenvalue weighted by atomic mass is 32.2. The molecule has 7 heteroatoms. The van der Waals surface area contributed by atoms with Gasteiger partial charge >= 0.3 is 0 Å². The van der Waals surface area contributed by atoms with E-state index in [1.807, 2.05) is 11.6 Å². The molecule has 1 aromatic rings. The molecule has 0 unspecified atom stereocenters. The Morgan fingerprint density at radius 3 is 2.61 bits per heavy atom. The topological polar surface area (TPSA) is 68.1 Å². The summed E-state index contributed by atoms with van der Waals surface area (Å²) in [5.74, 6) is 2.54. The largest absolute Gasteiger partial charge is 0.317 e. The van der Waals surface area contributed by atoms with Crippen molar-refractivity contribution in [2.75, 3.05) is 12.3 Å². The molecule has 6 nitrogen and oxygen atoms in total. The van der Waals surface area contributed by atoms with Crippen molar-refractivity contribution in [2.45, 2.75) is 38.1 Å². The van der Waals surface area contributed by atoms with E-state index in [4.69, 9.17) is 0 Å². The molecule has 1 aliphatic heterocycles. The zero-order valence-electron chi connectivity index (χ0n) is 10.5. The zero-order chi connectivity index (χ0) is 12.8. The summed E-state index contributed by atoms with van der Waals surface area (Å²) in [4.78, 5) is 0. The lowest BCUT2D eigenvalue weighted by Gasteiger charge is -2.24. The van der Waals surface area contributed by atoms with E-state index in [1.165, 1.54) is 23.6 Å². The van der Waals surface area contributed by atoms with Crippen LogP contribution in [0.15, 0.2) is 0 Å². The average molecular weight is 270 g/mol. The summed E-state index contributed by atoms with van der Waals surface area (Å²) in [6, 6.07) is 0. The van der Waals surface area contributed by atoms with Gasteiger partial charge in [-0.1, -0.05) is 6.42 Å². The Morgan fingerprint density at radius 1 is 1.28 bits per heavy atom. The quantitative estimate of drug-likeness (QED) is 0.807. The fourth-order valence-corrected chi connectivity index (χ4v) is 4.03. The maximum Gasteiger partial charge on any atom is 0.214 e. The second-order valence-corrected chi connectivity index (χ2v) is 7.25. The molecule has 0 aromatic carbocycles. The molecule has 3 rings (SSSR count). The second-order valence-electron chi connectivity index (χ2n) is 5.16. The van der Waals surface area contributed by atoms with Crippen molar-refractivity contribution >= 4 is 10.0 Å². The lowest BCUT2D eigenvalue weighted by Crippen LogP contribution is -2.27. The Morgan fingerprint density at radius 2 is 2.06 bits per heavy atom. The Kier molecular flexibility index (Phi) is 2.90. The fourth-order valence-electron chi connectivity index (χ4n) is 2.56. The van der Waals surface area contributed by atoms with Crippen LogP contribution in [-0.4, -0.2) is 39.8 Å². The maximum absolute atomic E-state index is 11.8. The van der Waals surface area contributed by atoms with E-state index >= 15 is 0 Å². The minimum absolute atomic E-state index is 0.264. The summed E-state index contributed by atoms with van der Waals surface area (Å²) in [5.41, 5.74) is 0. The maximum atomic E-state index is 11.8. The first-order chi connectivity index (χ1) is 8.58. The van der Waals surface area contributed by atoms with Gasteiger partial charge in [0, 0.05) is 19.5 Å². The molecule has 1 saturated carbocycles. The van der Waals surface area contributed by atoms with Gasteiger partial charge < -0.3 is 4.57 Å². The van der Waals surface area contributed by atoms with Crippen LogP contribution in [0.2, 0.25) is 0 Å². The standard InChI is InChI=1S/C11H18N4O2S/c1-14-10(8-15-6-3-7-18(15,16)17)12-13-11(14)9-4-2-5-9/h9H,2-8H2,1H3. The van der Waals surface area contributed by atoms with Crippen molar-refractivity contribution in [3.05, 3.63) is 11.6 Å². The minimum Gasteiger partial charge on any atom is -0.317 e. The molecule has 2 aliphatic rings. The van der Waals surface area contributed by atoms with Crippen molar-refractivity contribution in [3.63, 3.8) is 0 Å².